The molecule has 0 bridgehead atoms. The van der Waals surface area contributed by atoms with Crippen LogP contribution in [-0.2, 0) is 14.3 Å². The van der Waals surface area contributed by atoms with E-state index in [2.05, 4.69) is 6.92 Å². The average Bonchev–Trinajstić information content (AvgIpc) is 1.97. The van der Waals surface area contributed by atoms with Crippen LogP contribution in [0.15, 0.2) is 0 Å². The molecule has 0 aliphatic carbocycles. The highest BCUT2D eigenvalue weighted by Crippen LogP contribution is 2.22. The van der Waals surface area contributed by atoms with Gasteiger partial charge >= 0.3 is 5.97 Å². The van der Waals surface area contributed by atoms with E-state index < -0.39 is 0 Å². The van der Waals surface area contributed by atoms with Crippen LogP contribution in [0.25, 0.3) is 0 Å². The summed E-state index contributed by atoms with van der Waals surface area (Å²) in [5.41, 5.74) is 0. The van der Waals surface area contributed by atoms with Crippen LogP contribution in [0.2, 0.25) is 0 Å². The summed E-state index contributed by atoms with van der Waals surface area (Å²) in [4.78, 5) is 10.7. The minimum atomic E-state index is -0.218. The highest BCUT2D eigenvalue weighted by atomic mass is 16.6. The monoisotopic (exact) mass is 172 g/mol. The molecule has 3 heteroatoms. The van der Waals surface area contributed by atoms with Gasteiger partial charge < -0.3 is 9.47 Å². The molecule has 12 heavy (non-hydrogen) atoms. The highest BCUT2D eigenvalue weighted by molar-refractivity contribution is 5.66. The Morgan fingerprint density at radius 2 is 2.17 bits per heavy atom. The molecule has 0 saturated carbocycles. The van der Waals surface area contributed by atoms with Crippen LogP contribution in [0, 0.1) is 5.92 Å². The van der Waals surface area contributed by atoms with Crippen molar-refractivity contribution in [2.45, 2.75) is 39.4 Å². The lowest BCUT2D eigenvalue weighted by atomic mass is 9.95. The molecule has 1 fully saturated rings. The number of hydrogen-bond donors (Lipinski definition) is 0. The summed E-state index contributed by atoms with van der Waals surface area (Å²) in [7, 11) is 0. The lowest BCUT2D eigenvalue weighted by Crippen LogP contribution is -2.40. The summed E-state index contributed by atoms with van der Waals surface area (Å²) in [6.45, 7) is 6.25. The fourth-order valence-corrected chi connectivity index (χ4v) is 1.57. The van der Waals surface area contributed by atoms with Gasteiger partial charge in [-0.05, 0) is 19.3 Å². The Hall–Kier alpha value is -0.570. The third kappa shape index (κ3) is 2.21. The second kappa shape index (κ2) is 3.90. The van der Waals surface area contributed by atoms with Crippen LogP contribution in [0.1, 0.15) is 27.2 Å². The van der Waals surface area contributed by atoms with Gasteiger partial charge in [0.1, 0.15) is 6.10 Å². The standard InChI is InChI=1S/C9H16O3/c1-6-4-5-11-7(2)9(6)12-8(3)10/h6-7,9H,4-5H2,1-3H3. The number of carbonyl (C=O) groups is 1. The molecule has 0 spiro atoms. The minimum Gasteiger partial charge on any atom is -0.460 e. The smallest absolute Gasteiger partial charge is 0.303 e. The first-order valence-corrected chi connectivity index (χ1v) is 4.40. The molecule has 3 nitrogen and oxygen atoms in total. The summed E-state index contributed by atoms with van der Waals surface area (Å²) < 4.78 is 10.5. The van der Waals surface area contributed by atoms with E-state index in [-0.39, 0.29) is 18.2 Å². The Kier molecular flexibility index (Phi) is 3.09. The van der Waals surface area contributed by atoms with E-state index in [0.717, 1.165) is 13.0 Å². The molecule has 1 rings (SSSR count). The molecule has 3 atom stereocenters. The number of hydrogen-bond acceptors (Lipinski definition) is 3. The summed E-state index contributed by atoms with van der Waals surface area (Å²) in [6.07, 6.45) is 0.955. The first kappa shape index (κ1) is 9.52. The number of esters is 1. The van der Waals surface area contributed by atoms with Gasteiger partial charge in [-0.1, -0.05) is 6.92 Å². The fourth-order valence-electron chi connectivity index (χ4n) is 1.57. The van der Waals surface area contributed by atoms with Gasteiger partial charge in [-0.3, -0.25) is 4.79 Å². The zero-order valence-corrected chi connectivity index (χ0v) is 7.87. The molecule has 0 aromatic heterocycles. The van der Waals surface area contributed by atoms with Gasteiger partial charge in [-0.15, -0.1) is 0 Å². The molecule has 1 saturated heterocycles. The van der Waals surface area contributed by atoms with Crippen molar-refractivity contribution in [3.63, 3.8) is 0 Å². The van der Waals surface area contributed by atoms with Crippen molar-refractivity contribution in [1.29, 1.82) is 0 Å². The van der Waals surface area contributed by atoms with Gasteiger partial charge in [-0.2, -0.15) is 0 Å². The van der Waals surface area contributed by atoms with Crippen LogP contribution in [0.4, 0.5) is 0 Å². The molecule has 0 amide bonds. The van der Waals surface area contributed by atoms with Crippen molar-refractivity contribution in [3.05, 3.63) is 0 Å². The fraction of sp³-hybridized carbons (Fsp3) is 0.889. The summed E-state index contributed by atoms with van der Waals surface area (Å²) >= 11 is 0. The molecular weight excluding hydrogens is 156 g/mol. The van der Waals surface area contributed by atoms with Gasteiger partial charge in [0, 0.05) is 13.5 Å². The molecule has 70 valence electrons. The Balaban J connectivity index is 2.50. The maximum Gasteiger partial charge on any atom is 0.303 e. The highest BCUT2D eigenvalue weighted by Gasteiger charge is 2.30. The lowest BCUT2D eigenvalue weighted by Gasteiger charge is -2.33. The zero-order valence-electron chi connectivity index (χ0n) is 7.87. The van der Waals surface area contributed by atoms with Crippen molar-refractivity contribution in [2.75, 3.05) is 6.61 Å². The van der Waals surface area contributed by atoms with Gasteiger partial charge in [0.2, 0.25) is 0 Å². The van der Waals surface area contributed by atoms with Crippen molar-refractivity contribution in [2.24, 2.45) is 5.92 Å². The number of carbonyl (C=O) groups excluding carboxylic acids is 1. The predicted molar refractivity (Wildman–Crippen MR) is 44.7 cm³/mol. The van der Waals surface area contributed by atoms with Crippen molar-refractivity contribution in [1.82, 2.24) is 0 Å². The van der Waals surface area contributed by atoms with Gasteiger partial charge in [0.25, 0.3) is 0 Å². The third-order valence-electron chi connectivity index (χ3n) is 2.28. The van der Waals surface area contributed by atoms with E-state index in [0.29, 0.717) is 5.92 Å². The number of rotatable bonds is 1. The second-order valence-corrected chi connectivity index (χ2v) is 3.42. The summed E-state index contributed by atoms with van der Waals surface area (Å²) in [5, 5.41) is 0. The van der Waals surface area contributed by atoms with Crippen LogP contribution in [0.3, 0.4) is 0 Å². The van der Waals surface area contributed by atoms with Crippen LogP contribution >= 0.6 is 0 Å². The van der Waals surface area contributed by atoms with Crippen LogP contribution in [-0.4, -0.2) is 24.8 Å². The van der Waals surface area contributed by atoms with E-state index >= 15 is 0 Å². The molecule has 1 aliphatic heterocycles. The number of ether oxygens (including phenoxy) is 2. The van der Waals surface area contributed by atoms with Crippen LogP contribution < -0.4 is 0 Å². The molecular formula is C9H16O3. The Labute approximate surface area is 73.0 Å². The van der Waals surface area contributed by atoms with Gasteiger partial charge in [0.05, 0.1) is 6.10 Å². The largest absolute Gasteiger partial charge is 0.460 e. The molecule has 0 N–H and O–H groups in total. The normalized spacial score (nSPS) is 36.1. The first-order valence-electron chi connectivity index (χ1n) is 4.40. The predicted octanol–water partition coefficient (Wildman–Crippen LogP) is 1.36. The first-order chi connectivity index (χ1) is 5.61. The quantitative estimate of drug-likeness (QED) is 0.560. The zero-order chi connectivity index (χ0) is 9.14. The molecule has 3 unspecified atom stereocenters. The van der Waals surface area contributed by atoms with E-state index in [1.807, 2.05) is 6.92 Å². The average molecular weight is 172 g/mol. The Morgan fingerprint density at radius 1 is 1.50 bits per heavy atom. The molecule has 0 aromatic carbocycles. The van der Waals surface area contributed by atoms with Crippen molar-refractivity contribution < 1.29 is 14.3 Å². The lowest BCUT2D eigenvalue weighted by molar-refractivity contribution is -0.166. The second-order valence-electron chi connectivity index (χ2n) is 3.42. The molecule has 1 aliphatic rings. The van der Waals surface area contributed by atoms with E-state index in [1.165, 1.54) is 6.92 Å². The Morgan fingerprint density at radius 3 is 2.67 bits per heavy atom. The Bertz CT molecular complexity index is 157. The van der Waals surface area contributed by atoms with Crippen molar-refractivity contribution >= 4 is 5.97 Å². The molecule has 0 aromatic rings. The van der Waals surface area contributed by atoms with Gasteiger partial charge in [0.15, 0.2) is 0 Å². The SMILES string of the molecule is CC(=O)OC1C(C)CCOC1C. The summed E-state index contributed by atoms with van der Waals surface area (Å²) in [5.74, 6) is 0.196. The van der Waals surface area contributed by atoms with E-state index in [9.17, 15) is 4.79 Å². The van der Waals surface area contributed by atoms with Crippen LogP contribution in [0.5, 0.6) is 0 Å². The van der Waals surface area contributed by atoms with Gasteiger partial charge in [-0.25, -0.2) is 0 Å². The summed E-state index contributed by atoms with van der Waals surface area (Å²) in [6, 6.07) is 0. The third-order valence-corrected chi connectivity index (χ3v) is 2.28. The maximum atomic E-state index is 10.7. The van der Waals surface area contributed by atoms with Crippen molar-refractivity contribution in [3.8, 4) is 0 Å². The molecule has 0 radical (unpaired) electrons. The van der Waals surface area contributed by atoms with E-state index in [1.54, 1.807) is 0 Å². The molecule has 1 heterocycles. The topological polar surface area (TPSA) is 35.5 Å². The minimum absolute atomic E-state index is 0.0395. The maximum absolute atomic E-state index is 10.7. The van der Waals surface area contributed by atoms with E-state index in [4.69, 9.17) is 9.47 Å².